The molecule has 0 amide bonds. The van der Waals surface area contributed by atoms with E-state index in [1.807, 2.05) is 0 Å². The van der Waals surface area contributed by atoms with Gasteiger partial charge in [-0.15, -0.1) is 0 Å². The van der Waals surface area contributed by atoms with E-state index in [4.69, 9.17) is 45.1 Å². The minimum atomic E-state index is -4.92. The summed E-state index contributed by atoms with van der Waals surface area (Å²) in [6.07, 6.45) is -6.21. The van der Waals surface area contributed by atoms with Crippen LogP contribution in [-0.2, 0) is 43.9 Å². The highest BCUT2D eigenvalue weighted by molar-refractivity contribution is 8.07. The number of nitrogens with two attached hydrogens (primary N) is 1. The highest BCUT2D eigenvalue weighted by Crippen LogP contribution is 2.54. The molecule has 4 aliphatic heterocycles. The van der Waals surface area contributed by atoms with Crippen molar-refractivity contribution in [1.82, 2.24) is 29.1 Å². The Hall–Kier alpha value is -2.81. The third kappa shape index (κ3) is 5.37. The Balaban J connectivity index is 1.18. The molecule has 0 spiro atoms. The van der Waals surface area contributed by atoms with Gasteiger partial charge in [-0.05, 0) is 11.8 Å². The van der Waals surface area contributed by atoms with Gasteiger partial charge in [0.05, 0.1) is 32.0 Å². The summed E-state index contributed by atoms with van der Waals surface area (Å²) in [4.78, 5) is 64.6. The maximum atomic E-state index is 15.9. The third-order valence-electron chi connectivity index (χ3n) is 7.28. The predicted octanol–water partition coefficient (Wildman–Crippen LogP) is 0.545. The van der Waals surface area contributed by atoms with Crippen LogP contribution in [0.2, 0.25) is 0 Å². The number of halogens is 1. The smallest absolute Gasteiger partial charge is 0.369 e. The lowest BCUT2D eigenvalue weighted by molar-refractivity contribution is -0.0644. The first-order valence-corrected chi connectivity index (χ1v) is 17.1. The van der Waals surface area contributed by atoms with Crippen molar-refractivity contribution in [2.75, 3.05) is 18.9 Å². The van der Waals surface area contributed by atoms with Crippen molar-refractivity contribution in [2.45, 2.75) is 55.9 Å². The fraction of sp³-hybridized carbons (Fsp3) is 0.524. The number of Topliss-reactive ketones (excluding diaryl/α,β-unsaturated/α-hetero) is 1. The highest BCUT2D eigenvalue weighted by Gasteiger charge is 2.52. The lowest BCUT2D eigenvalue weighted by Gasteiger charge is -2.26. The minimum Gasteiger partial charge on any atom is -0.369 e. The van der Waals surface area contributed by atoms with Gasteiger partial charge in [-0.1, -0.05) is 0 Å². The molecule has 3 aromatic rings. The van der Waals surface area contributed by atoms with Gasteiger partial charge in [-0.3, -0.25) is 37.3 Å². The fourth-order valence-electron chi connectivity index (χ4n) is 5.38. The normalized spacial score (nSPS) is 37.7. The number of nitrogens with one attached hydrogen (secondary N) is 1. The summed E-state index contributed by atoms with van der Waals surface area (Å²) >= 11 is 5.15. The molecule has 2 unspecified atom stereocenters. The molecular weight excluding hydrogens is 653 g/mol. The second-order valence-electron chi connectivity index (χ2n) is 10.2. The highest BCUT2D eigenvalue weighted by atomic mass is 32.5. The molecule has 9 atom stereocenters. The average molecular weight is 676 g/mol. The van der Waals surface area contributed by atoms with Crippen molar-refractivity contribution in [3.05, 3.63) is 28.7 Å². The summed E-state index contributed by atoms with van der Waals surface area (Å²) in [5.74, 6) is -0.488. The number of nitrogen functional groups attached to an aromatic ring is 1. The molecule has 236 valence electrons. The molecular formula is C21H23FN8O11P2S. The van der Waals surface area contributed by atoms with Gasteiger partial charge < -0.3 is 29.5 Å². The molecule has 7 heterocycles. The Bertz CT molecular complexity index is 1830. The molecule has 0 radical (unpaired) electrons. The molecule has 4 aliphatic rings. The number of phosphoric acid groups is 1. The van der Waals surface area contributed by atoms with Crippen molar-refractivity contribution in [3.8, 4) is 0 Å². The lowest BCUT2D eigenvalue weighted by Crippen LogP contribution is -2.34. The first-order valence-electron chi connectivity index (χ1n) is 13.0. The number of nitrogens with zero attached hydrogens (tertiary/aromatic N) is 6. The van der Waals surface area contributed by atoms with E-state index in [1.54, 1.807) is 0 Å². The van der Waals surface area contributed by atoms with E-state index in [-0.39, 0.29) is 47.2 Å². The van der Waals surface area contributed by atoms with Crippen LogP contribution >= 0.6 is 14.5 Å². The standard InChI is InChI=1S/C21H23FN8O11P2S/c22-12-15-11(39-20(12)29-6-25-13-9(31)1-2-24-16(13)29)5-36-42(33,34)40-10-3-8(4-37-43(35,44)41-15)38-19(10)30-7-26-14-17(30)27-21(23)28-18(14)32/h2,6-8,10-12,15,19-20H,1,3-5H2,(H,33,34)(H,35,44)(H3,23,27,28,32)/t8-,10+,11+,12-,15+,19+,20+,43?/m0/s1. The summed E-state index contributed by atoms with van der Waals surface area (Å²) in [5.41, 5.74) is 5.01. The molecule has 7 rings (SSSR count). The number of H-pyrrole nitrogens is 1. The number of rotatable bonds is 2. The molecule has 0 aliphatic carbocycles. The second kappa shape index (κ2) is 10.9. The number of imidazole rings is 2. The van der Waals surface area contributed by atoms with E-state index in [2.05, 4.69) is 24.9 Å². The summed E-state index contributed by atoms with van der Waals surface area (Å²) in [6.45, 7) is -5.34. The number of fused-ring (bicyclic) bond motifs is 5. The van der Waals surface area contributed by atoms with Crippen molar-refractivity contribution >= 4 is 61.3 Å². The lowest BCUT2D eigenvalue weighted by atomic mass is 10.1. The van der Waals surface area contributed by atoms with Crippen molar-refractivity contribution in [3.63, 3.8) is 0 Å². The van der Waals surface area contributed by atoms with Gasteiger partial charge in [0, 0.05) is 19.1 Å². The number of carbonyl (C=O) groups is 1. The molecule has 5 N–H and O–H groups in total. The third-order valence-corrected chi connectivity index (χ3v) is 9.85. The summed E-state index contributed by atoms with van der Waals surface area (Å²) < 4.78 is 65.0. The number of aliphatic imine (C=N–C) groups is 1. The second-order valence-corrected chi connectivity index (χ2v) is 14.4. The van der Waals surface area contributed by atoms with Crippen molar-refractivity contribution < 1.29 is 51.1 Å². The maximum absolute atomic E-state index is 15.9. The Morgan fingerprint density at radius 3 is 2.68 bits per heavy atom. The molecule has 0 saturated carbocycles. The van der Waals surface area contributed by atoms with E-state index in [9.17, 15) is 23.9 Å². The number of ether oxygens (including phenoxy) is 2. The summed E-state index contributed by atoms with van der Waals surface area (Å²) in [5, 5.41) is 0. The van der Waals surface area contributed by atoms with Crippen molar-refractivity contribution in [1.29, 1.82) is 0 Å². The van der Waals surface area contributed by atoms with E-state index < -0.39 is 76.4 Å². The van der Waals surface area contributed by atoms with Crippen LogP contribution in [0.5, 0.6) is 0 Å². The van der Waals surface area contributed by atoms with Crippen LogP contribution in [0.15, 0.2) is 22.4 Å². The molecule has 2 bridgehead atoms. The number of anilines is 1. The number of carbonyl (C=O) groups excluding carboxylic acids is 1. The van der Waals surface area contributed by atoms with Crippen LogP contribution in [0, 0.1) is 0 Å². The topological polar surface area (TPSA) is 250 Å². The number of hydrogen-bond acceptors (Lipinski definition) is 15. The maximum Gasteiger partial charge on any atom is 0.472 e. The molecule has 19 nitrogen and oxygen atoms in total. The Kier molecular flexibility index (Phi) is 7.41. The van der Waals surface area contributed by atoms with Gasteiger partial charge >= 0.3 is 14.5 Å². The molecule has 3 saturated heterocycles. The molecule has 23 heteroatoms. The Morgan fingerprint density at radius 2 is 1.86 bits per heavy atom. The van der Waals surface area contributed by atoms with Crippen LogP contribution in [0.4, 0.5) is 16.2 Å². The van der Waals surface area contributed by atoms with E-state index in [1.165, 1.54) is 21.7 Å². The zero-order valence-electron chi connectivity index (χ0n) is 22.1. The molecule has 3 aromatic heterocycles. The zero-order valence-corrected chi connectivity index (χ0v) is 24.7. The Morgan fingerprint density at radius 1 is 1.07 bits per heavy atom. The van der Waals surface area contributed by atoms with Gasteiger partial charge in [-0.2, -0.15) is 4.98 Å². The number of ketones is 1. The number of alkyl halides is 1. The summed E-state index contributed by atoms with van der Waals surface area (Å²) in [7, 11) is -4.92. The fourth-order valence-corrected chi connectivity index (χ4v) is 7.76. The quantitative estimate of drug-likeness (QED) is 0.270. The van der Waals surface area contributed by atoms with Crippen LogP contribution in [-0.4, -0.2) is 94.7 Å². The number of aromatic amines is 1. The number of aromatic nitrogens is 6. The van der Waals surface area contributed by atoms with Crippen LogP contribution < -0.4 is 11.3 Å². The zero-order chi connectivity index (χ0) is 31.0. The number of hydrogen-bond donors (Lipinski definition) is 4. The molecule has 3 fully saturated rings. The van der Waals surface area contributed by atoms with Crippen LogP contribution in [0.3, 0.4) is 0 Å². The largest absolute Gasteiger partial charge is 0.472 e. The summed E-state index contributed by atoms with van der Waals surface area (Å²) in [6, 6.07) is 0. The predicted molar refractivity (Wildman–Crippen MR) is 147 cm³/mol. The first-order chi connectivity index (χ1) is 20.9. The van der Waals surface area contributed by atoms with E-state index >= 15 is 4.39 Å². The minimum absolute atomic E-state index is 0.00628. The molecule has 44 heavy (non-hydrogen) atoms. The van der Waals surface area contributed by atoms with Crippen LogP contribution in [0.1, 0.15) is 35.8 Å². The van der Waals surface area contributed by atoms with E-state index in [0.717, 1.165) is 6.33 Å². The van der Waals surface area contributed by atoms with Crippen LogP contribution in [0.25, 0.3) is 11.2 Å². The van der Waals surface area contributed by atoms with Gasteiger partial charge in [0.25, 0.3) is 5.56 Å². The van der Waals surface area contributed by atoms with Gasteiger partial charge in [0.1, 0.15) is 18.3 Å². The molecule has 0 aromatic carbocycles. The average Bonchev–Trinajstić information content (AvgIpc) is 3.72. The monoisotopic (exact) mass is 676 g/mol. The van der Waals surface area contributed by atoms with E-state index in [0.29, 0.717) is 0 Å². The van der Waals surface area contributed by atoms with Gasteiger partial charge in [-0.25, -0.2) is 23.9 Å². The Labute approximate surface area is 250 Å². The number of phosphoric ester groups is 1. The first kappa shape index (κ1) is 29.9. The van der Waals surface area contributed by atoms with Crippen molar-refractivity contribution in [2.24, 2.45) is 4.99 Å². The van der Waals surface area contributed by atoms with Gasteiger partial charge in [0.2, 0.25) is 5.95 Å². The SMILES string of the molecule is Nc1nc2c(ncn2[C@@H]2O[C@@H]3COP(O)(=S)O[C@H]4[C@H](F)[C@H](n5cnc6c5N=CCC6=O)O[C@@H]4COP(=O)(O)O[C@@H]2C3)c(=O)[nH]1. The van der Waals surface area contributed by atoms with Gasteiger partial charge in [0.15, 0.2) is 47.1 Å².